The molecule has 1 spiro atoms. The topological polar surface area (TPSA) is 129 Å². The van der Waals surface area contributed by atoms with Crippen LogP contribution in [0.15, 0.2) is 35.1 Å². The predicted molar refractivity (Wildman–Crippen MR) is 130 cm³/mol. The van der Waals surface area contributed by atoms with E-state index in [2.05, 4.69) is 0 Å². The predicted octanol–water partition coefficient (Wildman–Crippen LogP) is 2.03. The van der Waals surface area contributed by atoms with Crippen LogP contribution in [-0.4, -0.2) is 83.9 Å². The Kier molecular flexibility index (Phi) is 6.98. The highest BCUT2D eigenvalue weighted by atomic mass is 16.8. The van der Waals surface area contributed by atoms with E-state index in [0.717, 1.165) is 5.57 Å². The number of ether oxygens (including phenoxy) is 4. The minimum absolute atomic E-state index is 0.0631. The molecular formula is C27H35NO9. The van der Waals surface area contributed by atoms with Gasteiger partial charge in [0.05, 0.1) is 25.9 Å². The molecule has 8 atom stereocenters. The lowest BCUT2D eigenvalue weighted by atomic mass is 9.73. The molecule has 1 amide bonds. The molecule has 4 aliphatic heterocycles. The van der Waals surface area contributed by atoms with Crippen LogP contribution >= 0.6 is 0 Å². The number of rotatable bonds is 5. The third-order valence-corrected chi connectivity index (χ3v) is 7.98. The van der Waals surface area contributed by atoms with Crippen molar-refractivity contribution >= 4 is 23.4 Å². The zero-order valence-corrected chi connectivity index (χ0v) is 22.3. The summed E-state index contributed by atoms with van der Waals surface area (Å²) >= 11 is 0. The van der Waals surface area contributed by atoms with Gasteiger partial charge in [-0.25, -0.2) is 0 Å². The standard InChI is InChI=1S/C27H35NO9/c1-13(8-9-17(29)20-19(31)12-28(6)24(20)32)10-14(2)22-15(3)23-18(30)11-26(5)27(36-22,37-23)21(16(4)35-26)25(33)34-7/h8-10,14-16,21-23,29H,11-12H2,1-7H3/b9-8+,13-10+,20-17-. The number of aliphatic hydroxyl groups excluding tert-OH is 1. The zero-order valence-electron chi connectivity index (χ0n) is 22.3. The molecule has 1 N–H and O–H groups in total. The van der Waals surface area contributed by atoms with Crippen molar-refractivity contribution in [3.05, 3.63) is 35.1 Å². The molecule has 0 radical (unpaired) electrons. The number of likely N-dealkylation sites (N-methyl/N-ethyl adjacent to an activating group) is 1. The first kappa shape index (κ1) is 27.2. The number of methoxy groups -OCH3 is 1. The summed E-state index contributed by atoms with van der Waals surface area (Å²) in [6.07, 6.45) is 3.07. The fraction of sp³-hybridized carbons (Fsp3) is 0.630. The maximum Gasteiger partial charge on any atom is 0.316 e. The molecule has 0 aromatic heterocycles. The number of Topliss-reactive ketones (excluding diaryl/α,β-unsaturated/α-hetero) is 2. The van der Waals surface area contributed by atoms with Crippen molar-refractivity contribution in [2.45, 2.75) is 70.7 Å². The molecule has 10 heteroatoms. The van der Waals surface area contributed by atoms with Crippen molar-refractivity contribution in [2.24, 2.45) is 17.8 Å². The quantitative estimate of drug-likeness (QED) is 0.191. The lowest BCUT2D eigenvalue weighted by Crippen LogP contribution is -2.71. The van der Waals surface area contributed by atoms with Gasteiger partial charge in [-0.1, -0.05) is 31.6 Å². The second kappa shape index (κ2) is 9.49. The summed E-state index contributed by atoms with van der Waals surface area (Å²) in [6, 6.07) is 0. The first-order valence-corrected chi connectivity index (χ1v) is 12.5. The van der Waals surface area contributed by atoms with E-state index in [1.54, 1.807) is 19.9 Å². The van der Waals surface area contributed by atoms with Crippen molar-refractivity contribution in [2.75, 3.05) is 20.7 Å². The lowest BCUT2D eigenvalue weighted by Gasteiger charge is -2.56. The second-order valence-corrected chi connectivity index (χ2v) is 10.8. The fourth-order valence-corrected chi connectivity index (χ4v) is 6.20. The van der Waals surface area contributed by atoms with Gasteiger partial charge >= 0.3 is 5.97 Å². The SMILES string of the molecule is COC(=O)C1C(C)OC2(C)CC(=O)C3OC12OC(C(C)/C=C(C)/C=C/C(O)=C1\C(=O)CN(C)C1=O)C3C. The highest BCUT2D eigenvalue weighted by Crippen LogP contribution is 2.57. The van der Waals surface area contributed by atoms with Crippen LogP contribution in [0.25, 0.3) is 0 Å². The maximum absolute atomic E-state index is 13.1. The molecule has 8 unspecified atom stereocenters. The third kappa shape index (κ3) is 4.24. The molecule has 4 aliphatic rings. The fourth-order valence-electron chi connectivity index (χ4n) is 6.20. The van der Waals surface area contributed by atoms with Crippen molar-refractivity contribution in [1.29, 1.82) is 0 Å². The number of carbonyl (C=O) groups is 4. The molecule has 37 heavy (non-hydrogen) atoms. The summed E-state index contributed by atoms with van der Waals surface area (Å²) in [5, 5.41) is 10.3. The maximum atomic E-state index is 13.1. The highest BCUT2D eigenvalue weighted by molar-refractivity contribution is 6.25. The summed E-state index contributed by atoms with van der Waals surface area (Å²) in [6.45, 7) is 9.05. The summed E-state index contributed by atoms with van der Waals surface area (Å²) in [7, 11) is 2.80. The summed E-state index contributed by atoms with van der Waals surface area (Å²) in [4.78, 5) is 51.3. The third-order valence-electron chi connectivity index (χ3n) is 7.98. The van der Waals surface area contributed by atoms with Crippen LogP contribution in [-0.2, 0) is 38.1 Å². The van der Waals surface area contributed by atoms with Gasteiger partial charge in [0.1, 0.15) is 29.0 Å². The van der Waals surface area contributed by atoms with Crippen molar-refractivity contribution in [3.63, 3.8) is 0 Å². The number of amides is 1. The number of allylic oxidation sites excluding steroid dienone is 3. The summed E-state index contributed by atoms with van der Waals surface area (Å²) < 4.78 is 24.1. The Labute approximate surface area is 216 Å². The zero-order chi connectivity index (χ0) is 27.4. The van der Waals surface area contributed by atoms with E-state index in [0.29, 0.717) is 0 Å². The minimum Gasteiger partial charge on any atom is -0.507 e. The molecule has 0 aromatic rings. The van der Waals surface area contributed by atoms with Crippen LogP contribution in [0.1, 0.15) is 41.0 Å². The van der Waals surface area contributed by atoms with E-state index >= 15 is 0 Å². The van der Waals surface area contributed by atoms with Gasteiger partial charge in [0.25, 0.3) is 5.91 Å². The van der Waals surface area contributed by atoms with E-state index < -0.39 is 53.3 Å². The number of carbonyl (C=O) groups excluding carboxylic acids is 4. The number of nitrogens with zero attached hydrogens (tertiary/aromatic N) is 1. The molecular weight excluding hydrogens is 482 g/mol. The van der Waals surface area contributed by atoms with Crippen LogP contribution < -0.4 is 0 Å². The smallest absolute Gasteiger partial charge is 0.316 e. The van der Waals surface area contributed by atoms with Gasteiger partial charge in [0, 0.05) is 25.3 Å². The molecule has 10 nitrogen and oxygen atoms in total. The minimum atomic E-state index is -1.47. The number of aliphatic hydroxyl groups is 1. The monoisotopic (exact) mass is 517 g/mol. The Balaban J connectivity index is 1.62. The Hall–Kier alpha value is -2.82. The summed E-state index contributed by atoms with van der Waals surface area (Å²) in [5.74, 6) is -4.83. The number of ketones is 2. The molecule has 202 valence electrons. The van der Waals surface area contributed by atoms with Crippen molar-refractivity contribution < 1.29 is 43.2 Å². The first-order valence-electron chi connectivity index (χ1n) is 12.5. The largest absolute Gasteiger partial charge is 0.507 e. The van der Waals surface area contributed by atoms with Crippen LogP contribution in [0.3, 0.4) is 0 Å². The van der Waals surface area contributed by atoms with E-state index in [-0.39, 0.29) is 41.9 Å². The Morgan fingerprint density at radius 1 is 1.19 bits per heavy atom. The molecule has 4 rings (SSSR count). The molecule has 4 heterocycles. The van der Waals surface area contributed by atoms with E-state index in [4.69, 9.17) is 18.9 Å². The van der Waals surface area contributed by atoms with E-state index in [1.807, 2.05) is 26.8 Å². The molecule has 0 saturated carbocycles. The highest BCUT2D eigenvalue weighted by Gasteiger charge is 2.74. The van der Waals surface area contributed by atoms with Gasteiger partial charge in [-0.2, -0.15) is 0 Å². The summed E-state index contributed by atoms with van der Waals surface area (Å²) in [5.41, 5.74) is -0.637. The van der Waals surface area contributed by atoms with Gasteiger partial charge in [-0.3, -0.25) is 19.2 Å². The van der Waals surface area contributed by atoms with E-state index in [9.17, 15) is 24.3 Å². The van der Waals surface area contributed by atoms with Gasteiger partial charge < -0.3 is 29.0 Å². The van der Waals surface area contributed by atoms with Gasteiger partial charge in [0.15, 0.2) is 11.6 Å². The number of likely N-dealkylation sites (tertiary alicyclic amines) is 1. The average Bonchev–Trinajstić information content (AvgIpc) is 3.20. The first-order chi connectivity index (χ1) is 17.3. The number of fused-ring (bicyclic) bond motifs is 1. The Morgan fingerprint density at radius 2 is 1.86 bits per heavy atom. The van der Waals surface area contributed by atoms with Crippen LogP contribution in [0.5, 0.6) is 0 Å². The Morgan fingerprint density at radius 3 is 2.46 bits per heavy atom. The number of esters is 1. The number of hydrogen-bond donors (Lipinski definition) is 1. The lowest BCUT2D eigenvalue weighted by molar-refractivity contribution is -0.387. The van der Waals surface area contributed by atoms with Gasteiger partial charge in [-0.05, 0) is 26.8 Å². The second-order valence-electron chi connectivity index (χ2n) is 10.8. The van der Waals surface area contributed by atoms with Crippen LogP contribution in [0, 0.1) is 17.8 Å². The van der Waals surface area contributed by atoms with Crippen LogP contribution in [0.2, 0.25) is 0 Å². The average molecular weight is 518 g/mol. The normalized spacial score (nSPS) is 40.3. The Bertz CT molecular complexity index is 1120. The van der Waals surface area contributed by atoms with Crippen molar-refractivity contribution in [3.8, 4) is 0 Å². The molecule has 4 fully saturated rings. The number of hydrogen-bond acceptors (Lipinski definition) is 9. The van der Waals surface area contributed by atoms with Crippen LogP contribution in [0.4, 0.5) is 0 Å². The van der Waals surface area contributed by atoms with E-state index in [1.165, 1.54) is 25.1 Å². The molecule has 0 aromatic carbocycles. The molecule has 4 saturated heterocycles. The molecule has 2 bridgehead atoms. The van der Waals surface area contributed by atoms with Gasteiger partial charge in [0.2, 0.25) is 5.79 Å². The van der Waals surface area contributed by atoms with Crippen molar-refractivity contribution in [1.82, 2.24) is 4.90 Å². The molecule has 0 aliphatic carbocycles. The van der Waals surface area contributed by atoms with Gasteiger partial charge in [-0.15, -0.1) is 0 Å².